The number of benzene rings is 2. The second-order valence-corrected chi connectivity index (χ2v) is 8.41. The Morgan fingerprint density at radius 3 is 2.37 bits per heavy atom. The summed E-state index contributed by atoms with van der Waals surface area (Å²) in [7, 11) is 0. The summed E-state index contributed by atoms with van der Waals surface area (Å²) >= 11 is 7.35. The van der Waals surface area contributed by atoms with Gasteiger partial charge in [-0.25, -0.2) is 4.39 Å². The van der Waals surface area contributed by atoms with E-state index in [1.54, 1.807) is 36.4 Å². The standard InChI is InChI=1S/C23H17ClFNO3S/c1-13-10-11-30-22(13)19-18(20(27)15-4-6-16(24)7-5-15)21(28)23(29)26(19)12-14-2-8-17(25)9-3-14/h2-11,19,27H,12H2,1H3/b20-18-. The zero-order valence-electron chi connectivity index (χ0n) is 15.9. The summed E-state index contributed by atoms with van der Waals surface area (Å²) < 4.78 is 13.3. The number of rotatable bonds is 4. The summed E-state index contributed by atoms with van der Waals surface area (Å²) in [5.41, 5.74) is 2.04. The van der Waals surface area contributed by atoms with E-state index >= 15 is 0 Å². The number of amides is 1. The van der Waals surface area contributed by atoms with Crippen molar-refractivity contribution >= 4 is 40.4 Å². The van der Waals surface area contributed by atoms with Crippen LogP contribution in [0.1, 0.15) is 27.6 Å². The lowest BCUT2D eigenvalue weighted by molar-refractivity contribution is -0.140. The van der Waals surface area contributed by atoms with Crippen LogP contribution in [0.2, 0.25) is 5.02 Å². The van der Waals surface area contributed by atoms with Crippen LogP contribution in [0.5, 0.6) is 0 Å². The van der Waals surface area contributed by atoms with Crippen LogP contribution in [0.3, 0.4) is 0 Å². The largest absolute Gasteiger partial charge is 0.507 e. The molecular weight excluding hydrogens is 425 g/mol. The number of thiophene rings is 1. The maximum Gasteiger partial charge on any atom is 0.295 e. The first kappa shape index (κ1) is 20.3. The molecule has 1 N–H and O–H groups in total. The normalized spacial score (nSPS) is 18.2. The van der Waals surface area contributed by atoms with Gasteiger partial charge in [0.15, 0.2) is 0 Å². The molecule has 2 heterocycles. The summed E-state index contributed by atoms with van der Waals surface area (Å²) in [5.74, 6) is -2.08. The Labute approximate surface area is 181 Å². The molecule has 4 nitrogen and oxygen atoms in total. The lowest BCUT2D eigenvalue weighted by Crippen LogP contribution is -2.29. The Morgan fingerprint density at radius 2 is 1.77 bits per heavy atom. The first-order valence-corrected chi connectivity index (χ1v) is 10.5. The number of nitrogens with zero attached hydrogens (tertiary/aromatic N) is 1. The van der Waals surface area contributed by atoms with Crippen LogP contribution in [0.15, 0.2) is 65.6 Å². The van der Waals surface area contributed by atoms with Crippen LogP contribution in [0.25, 0.3) is 5.76 Å². The molecule has 1 atom stereocenters. The molecule has 0 bridgehead atoms. The highest BCUT2D eigenvalue weighted by molar-refractivity contribution is 7.10. The quantitative estimate of drug-likeness (QED) is 0.332. The SMILES string of the molecule is Cc1ccsc1C1/C(=C(/O)c2ccc(Cl)cc2)C(=O)C(=O)N1Cc1ccc(F)cc1. The smallest absolute Gasteiger partial charge is 0.295 e. The van der Waals surface area contributed by atoms with E-state index in [1.807, 2.05) is 18.4 Å². The molecule has 152 valence electrons. The van der Waals surface area contributed by atoms with Crippen LogP contribution in [0.4, 0.5) is 4.39 Å². The fourth-order valence-corrected chi connectivity index (χ4v) is 4.70. The van der Waals surface area contributed by atoms with E-state index in [4.69, 9.17) is 11.6 Å². The molecule has 3 aromatic rings. The number of aliphatic hydroxyl groups is 1. The number of hydrogen-bond donors (Lipinski definition) is 1. The molecule has 1 unspecified atom stereocenters. The molecule has 0 saturated carbocycles. The third kappa shape index (κ3) is 3.64. The van der Waals surface area contributed by atoms with E-state index in [0.717, 1.165) is 10.4 Å². The van der Waals surface area contributed by atoms with Crippen LogP contribution in [-0.4, -0.2) is 21.7 Å². The molecule has 1 aliphatic heterocycles. The number of Topliss-reactive ketones (excluding diaryl/α,β-unsaturated/α-hetero) is 1. The molecule has 30 heavy (non-hydrogen) atoms. The van der Waals surface area contributed by atoms with E-state index in [9.17, 15) is 19.1 Å². The Kier molecular flexibility index (Phi) is 5.45. The van der Waals surface area contributed by atoms with Gasteiger partial charge in [0, 0.05) is 22.0 Å². The van der Waals surface area contributed by atoms with Gasteiger partial charge in [-0.2, -0.15) is 0 Å². The number of halogens is 2. The van der Waals surface area contributed by atoms with Gasteiger partial charge < -0.3 is 10.0 Å². The van der Waals surface area contributed by atoms with E-state index in [0.29, 0.717) is 16.1 Å². The zero-order chi connectivity index (χ0) is 21.4. The van der Waals surface area contributed by atoms with Crippen LogP contribution in [-0.2, 0) is 16.1 Å². The molecule has 0 radical (unpaired) electrons. The van der Waals surface area contributed by atoms with Gasteiger partial charge in [-0.05, 0) is 65.9 Å². The van der Waals surface area contributed by atoms with Gasteiger partial charge in [0.1, 0.15) is 17.6 Å². The molecule has 0 spiro atoms. The Bertz CT molecular complexity index is 1150. The molecule has 1 aromatic heterocycles. The predicted molar refractivity (Wildman–Crippen MR) is 115 cm³/mol. The van der Waals surface area contributed by atoms with Crippen molar-refractivity contribution in [3.63, 3.8) is 0 Å². The minimum atomic E-state index is -0.748. The molecule has 0 aliphatic carbocycles. The Balaban J connectivity index is 1.84. The summed E-state index contributed by atoms with van der Waals surface area (Å²) in [6.45, 7) is 2.01. The molecule has 1 saturated heterocycles. The average molecular weight is 442 g/mol. The molecular formula is C23H17ClFNO3S. The van der Waals surface area contributed by atoms with Crippen LogP contribution < -0.4 is 0 Å². The number of carbonyl (C=O) groups is 2. The van der Waals surface area contributed by atoms with Gasteiger partial charge in [-0.3, -0.25) is 9.59 Å². The zero-order valence-corrected chi connectivity index (χ0v) is 17.5. The minimum absolute atomic E-state index is 0.0370. The van der Waals surface area contributed by atoms with Gasteiger partial charge in [0.05, 0.1) is 5.57 Å². The number of hydrogen-bond acceptors (Lipinski definition) is 4. The summed E-state index contributed by atoms with van der Waals surface area (Å²) in [4.78, 5) is 28.1. The highest BCUT2D eigenvalue weighted by atomic mass is 35.5. The minimum Gasteiger partial charge on any atom is -0.507 e. The van der Waals surface area contributed by atoms with E-state index < -0.39 is 17.7 Å². The fraction of sp³-hybridized carbons (Fsp3) is 0.130. The lowest BCUT2D eigenvalue weighted by atomic mass is 9.98. The molecule has 2 aromatic carbocycles. The predicted octanol–water partition coefficient (Wildman–Crippen LogP) is 5.47. The van der Waals surface area contributed by atoms with Gasteiger partial charge >= 0.3 is 0 Å². The van der Waals surface area contributed by atoms with E-state index in [-0.39, 0.29) is 23.7 Å². The molecule has 1 fully saturated rings. The number of aryl methyl sites for hydroxylation is 1. The summed E-state index contributed by atoms with van der Waals surface area (Å²) in [6, 6.07) is 13.4. The number of carbonyl (C=O) groups excluding carboxylic acids is 2. The average Bonchev–Trinajstić information content (AvgIpc) is 3.25. The van der Waals surface area contributed by atoms with Crippen molar-refractivity contribution in [2.24, 2.45) is 0 Å². The lowest BCUT2D eigenvalue weighted by Gasteiger charge is -2.25. The first-order valence-electron chi connectivity index (χ1n) is 9.19. The maximum atomic E-state index is 13.3. The topological polar surface area (TPSA) is 57.6 Å². The summed E-state index contributed by atoms with van der Waals surface area (Å²) in [5, 5.41) is 13.3. The second-order valence-electron chi connectivity index (χ2n) is 7.03. The van der Waals surface area contributed by atoms with E-state index in [1.165, 1.54) is 28.4 Å². The van der Waals surface area contributed by atoms with Crippen molar-refractivity contribution in [1.29, 1.82) is 0 Å². The number of aliphatic hydroxyl groups excluding tert-OH is 1. The fourth-order valence-electron chi connectivity index (χ4n) is 3.53. The van der Waals surface area contributed by atoms with Crippen molar-refractivity contribution in [1.82, 2.24) is 4.90 Å². The highest BCUT2D eigenvalue weighted by Gasteiger charge is 2.47. The Morgan fingerprint density at radius 1 is 1.10 bits per heavy atom. The molecule has 1 amide bonds. The number of likely N-dealkylation sites (tertiary alicyclic amines) is 1. The maximum absolute atomic E-state index is 13.3. The van der Waals surface area contributed by atoms with Crippen molar-refractivity contribution in [3.8, 4) is 0 Å². The first-order chi connectivity index (χ1) is 14.4. The van der Waals surface area contributed by atoms with Crippen LogP contribution >= 0.6 is 22.9 Å². The Hall–Kier alpha value is -2.96. The molecule has 4 rings (SSSR count). The summed E-state index contributed by atoms with van der Waals surface area (Å²) in [6.07, 6.45) is 0. The van der Waals surface area contributed by atoms with Crippen molar-refractivity contribution in [2.75, 3.05) is 0 Å². The third-order valence-corrected chi connectivity index (χ3v) is 6.40. The van der Waals surface area contributed by atoms with Gasteiger partial charge in [-0.15, -0.1) is 11.3 Å². The van der Waals surface area contributed by atoms with Gasteiger partial charge in [0.2, 0.25) is 0 Å². The van der Waals surface area contributed by atoms with Crippen molar-refractivity contribution < 1.29 is 19.1 Å². The highest BCUT2D eigenvalue weighted by Crippen LogP contribution is 2.43. The molecule has 7 heteroatoms. The van der Waals surface area contributed by atoms with Crippen molar-refractivity contribution in [2.45, 2.75) is 19.5 Å². The van der Waals surface area contributed by atoms with Gasteiger partial charge in [-0.1, -0.05) is 23.7 Å². The molecule has 1 aliphatic rings. The monoisotopic (exact) mass is 441 g/mol. The third-order valence-electron chi connectivity index (χ3n) is 5.07. The second kappa shape index (κ2) is 8.05. The number of ketones is 1. The van der Waals surface area contributed by atoms with E-state index in [2.05, 4.69) is 0 Å². The van der Waals surface area contributed by atoms with Crippen molar-refractivity contribution in [3.05, 3.63) is 98.0 Å². The van der Waals surface area contributed by atoms with Gasteiger partial charge in [0.25, 0.3) is 11.7 Å². The van der Waals surface area contributed by atoms with Crippen LogP contribution in [0, 0.1) is 12.7 Å².